The van der Waals surface area contributed by atoms with E-state index < -0.39 is 6.43 Å². The zero-order chi connectivity index (χ0) is 10.0. The van der Waals surface area contributed by atoms with E-state index in [4.69, 9.17) is 0 Å². The molecule has 13 heavy (non-hydrogen) atoms. The van der Waals surface area contributed by atoms with Gasteiger partial charge in [-0.25, -0.2) is 13.8 Å². The van der Waals surface area contributed by atoms with E-state index in [1.807, 2.05) is 22.6 Å². The van der Waals surface area contributed by atoms with Gasteiger partial charge in [-0.2, -0.15) is 0 Å². The van der Waals surface area contributed by atoms with Gasteiger partial charge in [-0.3, -0.25) is 0 Å². The summed E-state index contributed by atoms with van der Waals surface area (Å²) in [6.07, 6.45) is -2.45. The fraction of sp³-hybridized carbons (Fsp3) is 0.375. The molecule has 0 aliphatic carbocycles. The van der Waals surface area contributed by atoms with Gasteiger partial charge in [-0.05, 0) is 41.1 Å². The van der Waals surface area contributed by atoms with Crippen LogP contribution in [0, 0.1) is 10.6 Å². The summed E-state index contributed by atoms with van der Waals surface area (Å²) in [6, 6.07) is 1.66. The van der Waals surface area contributed by atoms with Gasteiger partial charge in [0.15, 0.2) is 0 Å². The molecule has 0 aliphatic heterocycles. The van der Waals surface area contributed by atoms with Crippen molar-refractivity contribution in [2.45, 2.75) is 18.7 Å². The van der Waals surface area contributed by atoms with Gasteiger partial charge >= 0.3 is 0 Å². The minimum Gasteiger partial charge on any atom is -0.245 e. The van der Waals surface area contributed by atoms with Gasteiger partial charge in [-0.15, -0.1) is 0 Å². The molecule has 0 amide bonds. The Kier molecular flexibility index (Phi) is 4.03. The lowest BCUT2D eigenvalue weighted by Crippen LogP contribution is -2.01. The summed E-state index contributed by atoms with van der Waals surface area (Å²) in [7, 11) is 0. The van der Waals surface area contributed by atoms with Gasteiger partial charge in [0.25, 0.3) is 6.43 Å². The molecule has 0 N–H and O–H groups in total. The first-order valence-electron chi connectivity index (χ1n) is 3.56. The molecule has 0 atom stereocenters. The fourth-order valence-electron chi connectivity index (χ4n) is 1.11. The molecular weight excluding hydrogens is 355 g/mol. The summed E-state index contributed by atoms with van der Waals surface area (Å²) in [5.74, 6) is 0. The van der Waals surface area contributed by atoms with E-state index in [-0.39, 0.29) is 5.56 Å². The minimum atomic E-state index is -2.45. The van der Waals surface area contributed by atoms with Crippen LogP contribution in [0.4, 0.5) is 8.78 Å². The van der Waals surface area contributed by atoms with Crippen LogP contribution >= 0.6 is 38.5 Å². The van der Waals surface area contributed by atoms with Gasteiger partial charge in [0.1, 0.15) is 3.70 Å². The molecule has 0 bridgehead atoms. The van der Waals surface area contributed by atoms with Crippen LogP contribution in [0.2, 0.25) is 0 Å². The lowest BCUT2D eigenvalue weighted by atomic mass is 10.1. The van der Waals surface area contributed by atoms with Crippen molar-refractivity contribution in [1.29, 1.82) is 0 Å². The summed E-state index contributed by atoms with van der Waals surface area (Å²) in [5.41, 5.74) is 1.08. The Hall–Kier alpha value is 0.220. The number of nitrogens with zero attached hydrogens (tertiary/aromatic N) is 1. The topological polar surface area (TPSA) is 12.9 Å². The molecule has 0 aromatic carbocycles. The number of hydrogen-bond donors (Lipinski definition) is 0. The van der Waals surface area contributed by atoms with Crippen molar-refractivity contribution in [1.82, 2.24) is 4.98 Å². The number of aryl methyl sites for hydroxylation is 1. The van der Waals surface area contributed by atoms with Crippen molar-refractivity contribution in [3.05, 3.63) is 26.6 Å². The van der Waals surface area contributed by atoms with Crippen molar-refractivity contribution in [2.75, 3.05) is 0 Å². The summed E-state index contributed by atoms with van der Waals surface area (Å²) < 4.78 is 25.8. The smallest absolute Gasteiger partial charge is 0.245 e. The number of aromatic nitrogens is 1. The van der Waals surface area contributed by atoms with E-state index in [9.17, 15) is 8.78 Å². The second-order valence-electron chi connectivity index (χ2n) is 2.56. The largest absolute Gasteiger partial charge is 0.265 e. The highest BCUT2D eigenvalue weighted by atomic mass is 127. The van der Waals surface area contributed by atoms with Crippen molar-refractivity contribution in [2.24, 2.45) is 0 Å². The molecule has 0 spiro atoms. The van der Waals surface area contributed by atoms with Crippen LogP contribution in [0.3, 0.4) is 0 Å². The lowest BCUT2D eigenvalue weighted by molar-refractivity contribution is 0.149. The number of hydrogen-bond acceptors (Lipinski definition) is 1. The third-order valence-electron chi connectivity index (χ3n) is 1.66. The van der Waals surface area contributed by atoms with E-state index >= 15 is 0 Å². The van der Waals surface area contributed by atoms with Gasteiger partial charge in [-0.1, -0.05) is 15.9 Å². The number of rotatable bonds is 2. The zero-order valence-corrected chi connectivity index (χ0v) is 10.6. The molecule has 1 aromatic rings. The highest BCUT2D eigenvalue weighted by Crippen LogP contribution is 2.27. The third-order valence-corrected chi connectivity index (χ3v) is 2.74. The Morgan fingerprint density at radius 1 is 1.62 bits per heavy atom. The van der Waals surface area contributed by atoms with Crippen LogP contribution in [0.5, 0.6) is 0 Å². The van der Waals surface area contributed by atoms with Crippen molar-refractivity contribution in [3.63, 3.8) is 0 Å². The maximum Gasteiger partial charge on any atom is 0.265 e. The molecule has 0 saturated heterocycles. The minimum absolute atomic E-state index is 0.0530. The Bertz CT molecular complexity index is 317. The average molecular weight is 362 g/mol. The van der Waals surface area contributed by atoms with Gasteiger partial charge < -0.3 is 0 Å². The van der Waals surface area contributed by atoms with Crippen LogP contribution < -0.4 is 0 Å². The first-order valence-corrected chi connectivity index (χ1v) is 5.76. The molecule has 0 fully saturated rings. The Morgan fingerprint density at radius 2 is 2.23 bits per heavy atom. The Morgan fingerprint density at radius 3 is 2.69 bits per heavy atom. The SMILES string of the molecule is Cc1cc(I)nc(CBr)c1C(F)F. The molecule has 0 radical (unpaired) electrons. The highest BCUT2D eigenvalue weighted by Gasteiger charge is 2.16. The van der Waals surface area contributed by atoms with Crippen LogP contribution in [0.1, 0.15) is 23.2 Å². The summed E-state index contributed by atoms with van der Waals surface area (Å²) in [4.78, 5) is 4.03. The monoisotopic (exact) mass is 361 g/mol. The van der Waals surface area contributed by atoms with Gasteiger partial charge in [0.2, 0.25) is 0 Å². The summed E-state index contributed by atoms with van der Waals surface area (Å²) >= 11 is 5.16. The van der Waals surface area contributed by atoms with Crippen molar-refractivity contribution >= 4 is 38.5 Å². The lowest BCUT2D eigenvalue weighted by Gasteiger charge is -2.09. The van der Waals surface area contributed by atoms with Crippen LogP contribution in [-0.2, 0) is 5.33 Å². The third kappa shape index (κ3) is 2.59. The standard InChI is InChI=1S/C8H7BrF2IN/c1-4-2-6(12)13-5(3-9)7(4)8(10)11/h2,8H,3H2,1H3. The second kappa shape index (κ2) is 4.63. The first-order chi connectivity index (χ1) is 6.06. The molecule has 72 valence electrons. The Balaban J connectivity index is 3.30. The average Bonchev–Trinajstić information content (AvgIpc) is 2.01. The van der Waals surface area contributed by atoms with Gasteiger partial charge in [0, 0.05) is 10.9 Å². The predicted octanol–water partition coefficient (Wildman–Crippen LogP) is 3.83. The molecule has 1 rings (SSSR count). The van der Waals surface area contributed by atoms with Crippen molar-refractivity contribution in [3.8, 4) is 0 Å². The van der Waals surface area contributed by atoms with E-state index in [2.05, 4.69) is 20.9 Å². The summed E-state index contributed by atoms with van der Waals surface area (Å²) in [6.45, 7) is 1.68. The second-order valence-corrected chi connectivity index (χ2v) is 4.22. The maximum atomic E-state index is 12.5. The van der Waals surface area contributed by atoms with E-state index in [1.54, 1.807) is 13.0 Å². The molecule has 5 heteroatoms. The fourth-order valence-corrected chi connectivity index (χ4v) is 2.29. The van der Waals surface area contributed by atoms with Crippen LogP contribution in [-0.4, -0.2) is 4.98 Å². The number of alkyl halides is 3. The molecule has 0 aliphatic rings. The van der Waals surface area contributed by atoms with Crippen LogP contribution in [0.15, 0.2) is 6.07 Å². The molecule has 1 nitrogen and oxygen atoms in total. The van der Waals surface area contributed by atoms with Gasteiger partial charge in [0.05, 0.1) is 5.69 Å². The number of pyridine rings is 1. The van der Waals surface area contributed by atoms with E-state index in [0.29, 0.717) is 16.6 Å². The quantitative estimate of drug-likeness (QED) is 0.443. The highest BCUT2D eigenvalue weighted by molar-refractivity contribution is 14.1. The van der Waals surface area contributed by atoms with E-state index in [0.717, 1.165) is 3.70 Å². The maximum absolute atomic E-state index is 12.5. The number of halogens is 4. The molecule has 0 unspecified atom stereocenters. The predicted molar refractivity (Wildman–Crippen MR) is 59.3 cm³/mol. The molecular formula is C8H7BrF2IN. The van der Waals surface area contributed by atoms with E-state index in [1.165, 1.54) is 0 Å². The van der Waals surface area contributed by atoms with Crippen LogP contribution in [0.25, 0.3) is 0 Å². The molecule has 1 aromatic heterocycles. The zero-order valence-electron chi connectivity index (χ0n) is 6.82. The first kappa shape index (κ1) is 11.3. The Labute approximate surface area is 97.2 Å². The summed E-state index contributed by atoms with van der Waals surface area (Å²) in [5, 5.41) is 0.365. The molecule has 1 heterocycles. The normalized spacial score (nSPS) is 10.9. The molecule has 0 saturated carbocycles. The van der Waals surface area contributed by atoms with Crippen molar-refractivity contribution < 1.29 is 8.78 Å².